The zero-order valence-electron chi connectivity index (χ0n) is 7.91. The van der Waals surface area contributed by atoms with Crippen molar-refractivity contribution in [2.45, 2.75) is 12.6 Å². The van der Waals surface area contributed by atoms with E-state index in [9.17, 15) is 22.8 Å². The van der Waals surface area contributed by atoms with Crippen LogP contribution in [0.25, 0.3) is 0 Å². The molecule has 0 amide bonds. The summed E-state index contributed by atoms with van der Waals surface area (Å²) >= 11 is 0. The van der Waals surface area contributed by atoms with Crippen molar-refractivity contribution in [2.24, 2.45) is 0 Å². The quantitative estimate of drug-likeness (QED) is 0.641. The summed E-state index contributed by atoms with van der Waals surface area (Å²) in [4.78, 5) is 21.7. The van der Waals surface area contributed by atoms with Gasteiger partial charge in [-0.2, -0.15) is 13.2 Å². The van der Waals surface area contributed by atoms with Gasteiger partial charge in [-0.15, -0.1) is 0 Å². The molecule has 1 aromatic rings. The molecule has 0 saturated heterocycles. The summed E-state index contributed by atoms with van der Waals surface area (Å²) in [5.41, 5.74) is -0.127. The average Bonchev–Trinajstić information content (AvgIpc) is 2.16. The molecule has 1 aromatic carbocycles. The van der Waals surface area contributed by atoms with Crippen molar-refractivity contribution in [3.63, 3.8) is 0 Å². The van der Waals surface area contributed by atoms with Gasteiger partial charge in [0.25, 0.3) is 0 Å². The third-order valence-corrected chi connectivity index (χ3v) is 1.81. The van der Waals surface area contributed by atoms with E-state index in [1.165, 1.54) is 18.2 Å². The van der Waals surface area contributed by atoms with Gasteiger partial charge < -0.3 is 5.11 Å². The van der Waals surface area contributed by atoms with Crippen molar-refractivity contribution in [2.75, 3.05) is 0 Å². The van der Waals surface area contributed by atoms with Gasteiger partial charge in [0.1, 0.15) is 5.75 Å². The van der Waals surface area contributed by atoms with Gasteiger partial charge in [-0.25, -0.2) is 0 Å². The van der Waals surface area contributed by atoms with Crippen LogP contribution in [0.3, 0.4) is 0 Å². The van der Waals surface area contributed by atoms with E-state index < -0.39 is 24.2 Å². The summed E-state index contributed by atoms with van der Waals surface area (Å²) in [7, 11) is 0. The van der Waals surface area contributed by atoms with E-state index >= 15 is 0 Å². The van der Waals surface area contributed by atoms with Crippen molar-refractivity contribution in [1.29, 1.82) is 0 Å². The monoisotopic (exact) mass is 232 g/mol. The van der Waals surface area contributed by atoms with Crippen molar-refractivity contribution in [3.05, 3.63) is 29.8 Å². The lowest BCUT2D eigenvalue weighted by atomic mass is 10.1. The summed E-state index contributed by atoms with van der Waals surface area (Å²) < 4.78 is 35.6. The van der Waals surface area contributed by atoms with Crippen LogP contribution >= 0.6 is 0 Å². The molecule has 16 heavy (non-hydrogen) atoms. The molecule has 0 aliphatic heterocycles. The molecule has 0 unspecified atom stereocenters. The van der Waals surface area contributed by atoms with Gasteiger partial charge in [0.2, 0.25) is 5.78 Å². The molecule has 0 spiro atoms. The van der Waals surface area contributed by atoms with Gasteiger partial charge in [0.15, 0.2) is 5.78 Å². The Morgan fingerprint density at radius 2 is 1.88 bits per heavy atom. The minimum Gasteiger partial charge on any atom is -0.508 e. The Morgan fingerprint density at radius 3 is 2.38 bits per heavy atom. The Labute approximate surface area is 88.5 Å². The largest absolute Gasteiger partial charge is 0.508 e. The number of alkyl halides is 3. The Kier molecular flexibility index (Phi) is 3.31. The van der Waals surface area contributed by atoms with Crippen molar-refractivity contribution >= 4 is 11.6 Å². The van der Waals surface area contributed by atoms with Crippen LogP contribution < -0.4 is 0 Å². The summed E-state index contributed by atoms with van der Waals surface area (Å²) in [6, 6.07) is 4.81. The Hall–Kier alpha value is -1.85. The first-order chi connectivity index (χ1) is 7.30. The maximum absolute atomic E-state index is 11.9. The molecule has 6 heteroatoms. The molecule has 1 rings (SSSR count). The number of hydrogen-bond donors (Lipinski definition) is 1. The van der Waals surface area contributed by atoms with Crippen LogP contribution in [0.2, 0.25) is 0 Å². The van der Waals surface area contributed by atoms with Crippen LogP contribution in [0, 0.1) is 0 Å². The van der Waals surface area contributed by atoms with Gasteiger partial charge in [0.05, 0.1) is 6.42 Å². The highest BCUT2D eigenvalue weighted by Crippen LogP contribution is 2.20. The number of aromatic hydroxyl groups is 1. The van der Waals surface area contributed by atoms with Gasteiger partial charge in [-0.1, -0.05) is 12.1 Å². The molecule has 1 N–H and O–H groups in total. The number of halogens is 3. The van der Waals surface area contributed by atoms with E-state index in [0.29, 0.717) is 0 Å². The number of carbonyl (C=O) groups excluding carboxylic acids is 2. The number of benzene rings is 1. The minimum atomic E-state index is -5.01. The van der Waals surface area contributed by atoms with Gasteiger partial charge >= 0.3 is 6.18 Å². The van der Waals surface area contributed by atoms with Crippen LogP contribution in [0.15, 0.2) is 24.3 Å². The van der Waals surface area contributed by atoms with E-state index in [1.807, 2.05) is 0 Å². The van der Waals surface area contributed by atoms with Crippen molar-refractivity contribution in [3.8, 4) is 5.75 Å². The van der Waals surface area contributed by atoms with E-state index in [-0.39, 0.29) is 11.3 Å². The molecule has 86 valence electrons. The number of rotatable bonds is 3. The lowest BCUT2D eigenvalue weighted by Gasteiger charge is -2.04. The number of Topliss-reactive ketones (excluding diaryl/α,β-unsaturated/α-hetero) is 2. The highest BCUT2D eigenvalue weighted by Gasteiger charge is 2.39. The third-order valence-electron chi connectivity index (χ3n) is 1.81. The van der Waals surface area contributed by atoms with E-state index in [2.05, 4.69) is 0 Å². The van der Waals surface area contributed by atoms with Crippen LogP contribution in [-0.2, 0) is 4.79 Å². The second-order valence-corrected chi connectivity index (χ2v) is 3.07. The second-order valence-electron chi connectivity index (χ2n) is 3.07. The zero-order valence-corrected chi connectivity index (χ0v) is 7.91. The molecular weight excluding hydrogens is 225 g/mol. The summed E-state index contributed by atoms with van der Waals surface area (Å²) in [5, 5.41) is 9.00. The predicted octanol–water partition coefficient (Wildman–Crippen LogP) is 2.10. The standard InChI is InChI=1S/C10H7F3O3/c11-10(12,13)9(16)5-8(15)6-2-1-3-7(14)4-6/h1-4,14H,5H2. The maximum atomic E-state index is 11.9. The van der Waals surface area contributed by atoms with Gasteiger partial charge in [0, 0.05) is 5.56 Å². The lowest BCUT2D eigenvalue weighted by molar-refractivity contribution is -0.170. The molecule has 0 aliphatic carbocycles. The molecule has 0 fully saturated rings. The van der Waals surface area contributed by atoms with Gasteiger partial charge in [-0.05, 0) is 12.1 Å². The number of phenolic OH excluding ortho intramolecular Hbond substituents is 1. The first kappa shape index (κ1) is 12.2. The summed E-state index contributed by atoms with van der Waals surface area (Å²) in [5.74, 6) is -3.32. The third kappa shape index (κ3) is 3.08. The van der Waals surface area contributed by atoms with Crippen LogP contribution in [-0.4, -0.2) is 22.8 Å². The highest BCUT2D eigenvalue weighted by atomic mass is 19.4. The average molecular weight is 232 g/mol. The first-order valence-electron chi connectivity index (χ1n) is 4.23. The molecule has 0 aliphatic rings. The lowest BCUT2D eigenvalue weighted by Crippen LogP contribution is -2.25. The van der Waals surface area contributed by atoms with E-state index in [0.717, 1.165) is 6.07 Å². The minimum absolute atomic E-state index is 0.127. The molecule has 0 saturated carbocycles. The van der Waals surface area contributed by atoms with E-state index in [1.54, 1.807) is 0 Å². The predicted molar refractivity (Wildman–Crippen MR) is 48.1 cm³/mol. The summed E-state index contributed by atoms with van der Waals surface area (Å²) in [6.45, 7) is 0. The number of carbonyl (C=O) groups is 2. The number of hydrogen-bond acceptors (Lipinski definition) is 3. The van der Waals surface area contributed by atoms with Crippen LogP contribution in [0.1, 0.15) is 16.8 Å². The smallest absolute Gasteiger partial charge is 0.450 e. The SMILES string of the molecule is O=C(CC(=O)C(F)(F)F)c1cccc(O)c1. The molecule has 0 atom stereocenters. The Bertz CT molecular complexity index is 424. The maximum Gasteiger partial charge on any atom is 0.450 e. The number of phenols is 1. The molecule has 0 heterocycles. The molecular formula is C10H7F3O3. The van der Waals surface area contributed by atoms with Crippen molar-refractivity contribution in [1.82, 2.24) is 0 Å². The molecule has 0 radical (unpaired) electrons. The topological polar surface area (TPSA) is 54.4 Å². The Morgan fingerprint density at radius 1 is 1.25 bits per heavy atom. The fraction of sp³-hybridized carbons (Fsp3) is 0.200. The molecule has 3 nitrogen and oxygen atoms in total. The van der Waals surface area contributed by atoms with Crippen LogP contribution in [0.5, 0.6) is 5.75 Å². The first-order valence-corrected chi connectivity index (χ1v) is 4.23. The van der Waals surface area contributed by atoms with E-state index in [4.69, 9.17) is 5.11 Å². The Balaban J connectivity index is 2.78. The zero-order chi connectivity index (χ0) is 12.3. The molecule has 0 aromatic heterocycles. The highest BCUT2D eigenvalue weighted by molar-refractivity contribution is 6.09. The number of ketones is 2. The van der Waals surface area contributed by atoms with Crippen LogP contribution in [0.4, 0.5) is 13.2 Å². The summed E-state index contributed by atoms with van der Waals surface area (Å²) in [6.07, 6.45) is -6.25. The molecule has 0 bridgehead atoms. The fourth-order valence-corrected chi connectivity index (χ4v) is 1.03. The van der Waals surface area contributed by atoms with Crippen molar-refractivity contribution < 1.29 is 27.9 Å². The normalized spacial score (nSPS) is 11.2. The fourth-order valence-electron chi connectivity index (χ4n) is 1.03. The van der Waals surface area contributed by atoms with Gasteiger partial charge in [-0.3, -0.25) is 9.59 Å². The second kappa shape index (κ2) is 4.34.